The largest absolute Gasteiger partial charge is 0.252 e. The molecule has 0 radical (unpaired) electrons. The van der Waals surface area contributed by atoms with E-state index in [1.807, 2.05) is 17.5 Å². The van der Waals surface area contributed by atoms with Crippen LogP contribution in [0.5, 0.6) is 0 Å². The molecule has 0 unspecified atom stereocenters. The van der Waals surface area contributed by atoms with E-state index in [2.05, 4.69) is 20.1 Å². The molecule has 3 rings (SSSR count). The molecule has 0 bridgehead atoms. The molecule has 3 heterocycles. The summed E-state index contributed by atoms with van der Waals surface area (Å²) in [6.45, 7) is 0. The molecule has 0 N–H and O–H groups in total. The molecule has 16 heavy (non-hydrogen) atoms. The van der Waals surface area contributed by atoms with Gasteiger partial charge in [0, 0.05) is 0 Å². The Morgan fingerprint density at radius 1 is 1.31 bits per heavy atom. The molecule has 0 spiro atoms. The monoisotopic (exact) mass is 228 g/mol. The van der Waals surface area contributed by atoms with Crippen LogP contribution < -0.4 is 0 Å². The Morgan fingerprint density at radius 2 is 2.25 bits per heavy atom. The van der Waals surface area contributed by atoms with E-state index in [0.717, 1.165) is 10.2 Å². The van der Waals surface area contributed by atoms with Crippen molar-refractivity contribution in [3.63, 3.8) is 0 Å². The van der Waals surface area contributed by atoms with Crippen LogP contribution in [0.4, 0.5) is 0 Å². The summed E-state index contributed by atoms with van der Waals surface area (Å²) in [5.74, 6) is 0.775. The van der Waals surface area contributed by atoms with Crippen molar-refractivity contribution >= 4 is 21.6 Å². The van der Waals surface area contributed by atoms with E-state index < -0.39 is 0 Å². The second kappa shape index (κ2) is 3.36. The summed E-state index contributed by atoms with van der Waals surface area (Å²) in [4.78, 5) is 12.1. The van der Waals surface area contributed by atoms with Gasteiger partial charge in [0.15, 0.2) is 5.82 Å². The lowest BCUT2D eigenvalue weighted by molar-refractivity contribution is 0.846. The first-order valence-electron chi connectivity index (χ1n) is 4.39. The lowest BCUT2D eigenvalue weighted by Crippen LogP contribution is -1.99. The number of aromatic nitrogens is 5. The highest BCUT2D eigenvalue weighted by Crippen LogP contribution is 2.23. The van der Waals surface area contributed by atoms with E-state index in [-0.39, 0.29) is 5.82 Å². The van der Waals surface area contributed by atoms with Crippen molar-refractivity contribution < 1.29 is 0 Å². The molecular formula is C9H4N6S. The normalized spacial score (nSPS) is 10.4. The highest BCUT2D eigenvalue weighted by Gasteiger charge is 2.08. The van der Waals surface area contributed by atoms with Gasteiger partial charge in [0.05, 0.1) is 10.2 Å². The van der Waals surface area contributed by atoms with E-state index in [4.69, 9.17) is 5.26 Å². The maximum absolute atomic E-state index is 8.65. The summed E-state index contributed by atoms with van der Waals surface area (Å²) >= 11 is 1.53. The molecule has 7 heteroatoms. The van der Waals surface area contributed by atoms with Crippen molar-refractivity contribution in [2.75, 3.05) is 0 Å². The van der Waals surface area contributed by atoms with Crippen LogP contribution in [0.15, 0.2) is 24.1 Å². The van der Waals surface area contributed by atoms with Gasteiger partial charge in [-0.15, -0.1) is 16.4 Å². The molecule has 76 valence electrons. The molecule has 3 aromatic rings. The van der Waals surface area contributed by atoms with Gasteiger partial charge in [0.2, 0.25) is 0 Å². The van der Waals surface area contributed by atoms with Gasteiger partial charge in [-0.3, -0.25) is 0 Å². The molecule has 0 amide bonds. The van der Waals surface area contributed by atoms with Crippen LogP contribution in [0.3, 0.4) is 0 Å². The highest BCUT2D eigenvalue weighted by atomic mass is 32.1. The van der Waals surface area contributed by atoms with E-state index in [1.54, 1.807) is 0 Å². The van der Waals surface area contributed by atoms with E-state index in [9.17, 15) is 0 Å². The summed E-state index contributed by atoms with van der Waals surface area (Å²) in [6.07, 6.45) is 2.94. The summed E-state index contributed by atoms with van der Waals surface area (Å²) < 4.78 is 2.41. The fourth-order valence-corrected chi connectivity index (χ4v) is 2.18. The van der Waals surface area contributed by atoms with Crippen molar-refractivity contribution in [3.8, 4) is 11.9 Å². The van der Waals surface area contributed by atoms with Crippen molar-refractivity contribution in [1.82, 2.24) is 24.7 Å². The van der Waals surface area contributed by atoms with E-state index >= 15 is 0 Å². The molecule has 3 aromatic heterocycles. The smallest absolute Gasteiger partial charge is 0.235 e. The molecule has 0 saturated carbocycles. The lowest BCUT2D eigenvalue weighted by Gasteiger charge is -1.98. The molecule has 0 fully saturated rings. The summed E-state index contributed by atoms with van der Waals surface area (Å²) in [7, 11) is 0. The number of nitriles is 1. The maximum atomic E-state index is 8.65. The molecule has 0 aliphatic rings. The Labute approximate surface area is 93.8 Å². The zero-order chi connectivity index (χ0) is 11.0. The van der Waals surface area contributed by atoms with Gasteiger partial charge in [-0.25, -0.2) is 15.0 Å². The lowest BCUT2D eigenvalue weighted by atomic mass is 10.4. The minimum atomic E-state index is 0.128. The number of nitrogens with zero attached hydrogens (tertiary/aromatic N) is 6. The minimum Gasteiger partial charge on any atom is -0.235 e. The van der Waals surface area contributed by atoms with Gasteiger partial charge in [0.25, 0.3) is 5.82 Å². The molecule has 0 atom stereocenters. The Morgan fingerprint density at radius 3 is 3.06 bits per heavy atom. The van der Waals surface area contributed by atoms with Gasteiger partial charge >= 0.3 is 0 Å². The van der Waals surface area contributed by atoms with Crippen molar-refractivity contribution in [2.24, 2.45) is 0 Å². The average molecular weight is 228 g/mol. The maximum Gasteiger partial charge on any atom is 0.252 e. The molecule has 0 aliphatic heterocycles. The van der Waals surface area contributed by atoms with Gasteiger partial charge in [-0.2, -0.15) is 9.94 Å². The Kier molecular flexibility index (Phi) is 1.88. The molecule has 0 saturated heterocycles. The highest BCUT2D eigenvalue weighted by molar-refractivity contribution is 7.17. The zero-order valence-electron chi connectivity index (χ0n) is 7.90. The topological polar surface area (TPSA) is 80.3 Å². The van der Waals surface area contributed by atoms with Crippen molar-refractivity contribution in [2.45, 2.75) is 0 Å². The summed E-state index contributed by atoms with van der Waals surface area (Å²) in [5.41, 5.74) is 0.865. The summed E-state index contributed by atoms with van der Waals surface area (Å²) in [6, 6.07) is 3.79. The Hall–Kier alpha value is -2.33. The fourth-order valence-electron chi connectivity index (χ4n) is 1.36. The predicted octanol–water partition coefficient (Wildman–Crippen LogP) is 1.14. The van der Waals surface area contributed by atoms with Crippen molar-refractivity contribution in [3.05, 3.63) is 29.9 Å². The SMILES string of the molecule is N#Cc1ncn(-c2ncnc3ccsc23)n1. The summed E-state index contributed by atoms with van der Waals surface area (Å²) in [5, 5.41) is 14.6. The predicted molar refractivity (Wildman–Crippen MR) is 57.0 cm³/mol. The number of thiophene rings is 1. The molecule has 0 aromatic carbocycles. The first kappa shape index (κ1) is 8.94. The standard InChI is InChI=1S/C9H4N6S/c10-3-7-13-5-15(14-7)9-8-6(1-2-16-8)11-4-12-9/h1-2,4-5H. The third-order valence-electron chi connectivity index (χ3n) is 2.03. The molecule has 6 nitrogen and oxygen atoms in total. The number of hydrogen-bond donors (Lipinski definition) is 0. The van der Waals surface area contributed by atoms with Crippen LogP contribution in [0.25, 0.3) is 16.0 Å². The van der Waals surface area contributed by atoms with Gasteiger partial charge < -0.3 is 0 Å². The van der Waals surface area contributed by atoms with Crippen LogP contribution in [-0.4, -0.2) is 24.7 Å². The zero-order valence-corrected chi connectivity index (χ0v) is 8.72. The molecule has 0 aliphatic carbocycles. The number of hydrogen-bond acceptors (Lipinski definition) is 6. The number of rotatable bonds is 1. The van der Waals surface area contributed by atoms with Crippen LogP contribution in [0.2, 0.25) is 0 Å². The first-order valence-corrected chi connectivity index (χ1v) is 5.27. The van der Waals surface area contributed by atoms with Crippen molar-refractivity contribution in [1.29, 1.82) is 5.26 Å². The Bertz CT molecular complexity index is 691. The van der Waals surface area contributed by atoms with E-state index in [0.29, 0.717) is 5.82 Å². The van der Waals surface area contributed by atoms with Crippen LogP contribution in [-0.2, 0) is 0 Å². The Balaban J connectivity index is 2.26. The third-order valence-corrected chi connectivity index (χ3v) is 2.93. The molecular weight excluding hydrogens is 224 g/mol. The number of fused-ring (bicyclic) bond motifs is 1. The third kappa shape index (κ3) is 1.24. The minimum absolute atomic E-state index is 0.128. The second-order valence-corrected chi connectivity index (χ2v) is 3.87. The average Bonchev–Trinajstić information content (AvgIpc) is 2.97. The van der Waals surface area contributed by atoms with Gasteiger partial charge in [-0.1, -0.05) is 0 Å². The van der Waals surface area contributed by atoms with Crippen LogP contribution in [0, 0.1) is 11.3 Å². The van der Waals surface area contributed by atoms with Crippen LogP contribution in [0.1, 0.15) is 5.82 Å². The van der Waals surface area contributed by atoms with E-state index in [1.165, 1.54) is 28.7 Å². The second-order valence-electron chi connectivity index (χ2n) is 2.96. The van der Waals surface area contributed by atoms with Gasteiger partial charge in [-0.05, 0) is 11.4 Å². The first-order chi connectivity index (χ1) is 7.88. The van der Waals surface area contributed by atoms with Crippen LogP contribution >= 0.6 is 11.3 Å². The fraction of sp³-hybridized carbons (Fsp3) is 0. The van der Waals surface area contributed by atoms with Gasteiger partial charge in [0.1, 0.15) is 18.7 Å². The quantitative estimate of drug-likeness (QED) is 0.624.